The Balaban J connectivity index is 2.68. The highest BCUT2D eigenvalue weighted by molar-refractivity contribution is 5.96. The fourth-order valence-corrected chi connectivity index (χ4v) is 1.91. The van der Waals surface area contributed by atoms with Crippen LogP contribution in [0.2, 0.25) is 0 Å². The monoisotopic (exact) mass is 310 g/mol. The van der Waals surface area contributed by atoms with Gasteiger partial charge in [-0.25, -0.2) is 0 Å². The van der Waals surface area contributed by atoms with Crippen LogP contribution in [0.1, 0.15) is 13.3 Å². The molecule has 0 aromatic heterocycles. The third kappa shape index (κ3) is 6.61. The Labute approximate surface area is 137 Å². The van der Waals surface area contributed by atoms with Crippen LogP contribution >= 0.6 is 0 Å². The van der Waals surface area contributed by atoms with E-state index in [0.29, 0.717) is 24.9 Å². The van der Waals surface area contributed by atoms with Gasteiger partial charge in [-0.2, -0.15) is 0 Å². The standard InChI is InChI=1S/C19H22N2O2/c1-3-5-8-16(4-2)17-9-6-10-18(12-11-17)19(23)21-14-7-13-20-15-22/h3-5,7-13,15H,2,6,14H2,1H3,(H,20,22)(H,21,23)/b5-3-,13-7+,16-8+. The molecule has 0 saturated heterocycles. The summed E-state index contributed by atoms with van der Waals surface area (Å²) in [6.45, 7) is 6.13. The molecule has 0 aromatic carbocycles. The van der Waals surface area contributed by atoms with E-state index in [9.17, 15) is 9.59 Å². The van der Waals surface area contributed by atoms with Gasteiger partial charge in [0.25, 0.3) is 5.91 Å². The van der Waals surface area contributed by atoms with Crippen LogP contribution < -0.4 is 10.6 Å². The molecule has 0 bridgehead atoms. The highest BCUT2D eigenvalue weighted by Crippen LogP contribution is 2.18. The van der Waals surface area contributed by atoms with Gasteiger partial charge in [-0.3, -0.25) is 9.59 Å². The van der Waals surface area contributed by atoms with Gasteiger partial charge in [0.05, 0.1) is 0 Å². The molecule has 0 aliphatic heterocycles. The van der Waals surface area contributed by atoms with Gasteiger partial charge < -0.3 is 10.6 Å². The zero-order chi connectivity index (χ0) is 16.9. The molecule has 120 valence electrons. The Morgan fingerprint density at radius 1 is 1.30 bits per heavy atom. The molecular formula is C19H22N2O2. The molecule has 0 fully saturated rings. The van der Waals surface area contributed by atoms with E-state index in [0.717, 1.165) is 11.1 Å². The highest BCUT2D eigenvalue weighted by atomic mass is 16.1. The molecule has 2 N–H and O–H groups in total. The summed E-state index contributed by atoms with van der Waals surface area (Å²) in [6, 6.07) is 0. The molecule has 1 aliphatic carbocycles. The average molecular weight is 310 g/mol. The molecule has 0 saturated carbocycles. The van der Waals surface area contributed by atoms with Crippen LogP contribution in [-0.4, -0.2) is 18.9 Å². The van der Waals surface area contributed by atoms with E-state index in [-0.39, 0.29) is 5.91 Å². The first-order chi connectivity index (χ1) is 11.2. The van der Waals surface area contributed by atoms with Gasteiger partial charge in [0.1, 0.15) is 0 Å². The Morgan fingerprint density at radius 2 is 2.04 bits per heavy atom. The van der Waals surface area contributed by atoms with Crippen molar-refractivity contribution in [3.8, 4) is 0 Å². The van der Waals surface area contributed by atoms with Crippen LogP contribution in [0.15, 0.2) is 84.2 Å². The maximum Gasteiger partial charge on any atom is 0.251 e. The summed E-state index contributed by atoms with van der Waals surface area (Å²) >= 11 is 0. The second-order valence-electron chi connectivity index (χ2n) is 4.64. The Kier molecular flexibility index (Phi) is 8.52. The van der Waals surface area contributed by atoms with Crippen molar-refractivity contribution in [1.29, 1.82) is 0 Å². The third-order valence-corrected chi connectivity index (χ3v) is 3.06. The van der Waals surface area contributed by atoms with Crippen molar-refractivity contribution < 1.29 is 9.59 Å². The minimum Gasteiger partial charge on any atom is -0.349 e. The topological polar surface area (TPSA) is 58.2 Å². The summed E-state index contributed by atoms with van der Waals surface area (Å²) in [5, 5.41) is 5.14. The predicted molar refractivity (Wildman–Crippen MR) is 94.4 cm³/mol. The van der Waals surface area contributed by atoms with Crippen molar-refractivity contribution in [3.05, 3.63) is 84.2 Å². The molecule has 4 heteroatoms. The fourth-order valence-electron chi connectivity index (χ4n) is 1.91. The van der Waals surface area contributed by atoms with Crippen molar-refractivity contribution >= 4 is 12.3 Å². The molecule has 1 rings (SSSR count). The van der Waals surface area contributed by atoms with Crippen LogP contribution in [0.25, 0.3) is 0 Å². The van der Waals surface area contributed by atoms with Crippen LogP contribution in [-0.2, 0) is 9.59 Å². The number of hydrogen-bond acceptors (Lipinski definition) is 2. The van der Waals surface area contributed by atoms with Crippen molar-refractivity contribution in [3.63, 3.8) is 0 Å². The summed E-state index contributed by atoms with van der Waals surface area (Å²) in [7, 11) is 0. The van der Waals surface area contributed by atoms with Gasteiger partial charge >= 0.3 is 0 Å². The van der Waals surface area contributed by atoms with Gasteiger partial charge in [0.2, 0.25) is 6.41 Å². The number of nitrogens with one attached hydrogen (secondary N) is 2. The number of rotatable bonds is 8. The van der Waals surface area contributed by atoms with Crippen molar-refractivity contribution in [2.75, 3.05) is 6.54 Å². The lowest BCUT2D eigenvalue weighted by atomic mass is 10.0. The number of allylic oxidation sites excluding steroid dienone is 9. The van der Waals surface area contributed by atoms with Gasteiger partial charge in [-0.1, -0.05) is 49.1 Å². The number of carbonyl (C=O) groups is 2. The van der Waals surface area contributed by atoms with Crippen LogP contribution in [0, 0.1) is 0 Å². The summed E-state index contributed by atoms with van der Waals surface area (Å²) in [5.74, 6) is -0.149. The first-order valence-electron chi connectivity index (χ1n) is 7.40. The van der Waals surface area contributed by atoms with E-state index in [1.54, 1.807) is 18.2 Å². The Morgan fingerprint density at radius 3 is 2.74 bits per heavy atom. The minimum atomic E-state index is -0.149. The maximum atomic E-state index is 12.1. The molecule has 0 radical (unpaired) electrons. The lowest BCUT2D eigenvalue weighted by Gasteiger charge is -2.03. The third-order valence-electron chi connectivity index (χ3n) is 3.06. The first kappa shape index (κ1) is 18.2. The van der Waals surface area contributed by atoms with Crippen LogP contribution in [0.5, 0.6) is 0 Å². The van der Waals surface area contributed by atoms with Crippen molar-refractivity contribution in [1.82, 2.24) is 10.6 Å². The van der Waals surface area contributed by atoms with E-state index in [2.05, 4.69) is 23.3 Å². The summed E-state index contributed by atoms with van der Waals surface area (Å²) < 4.78 is 0. The number of hydrogen-bond donors (Lipinski definition) is 2. The molecule has 23 heavy (non-hydrogen) atoms. The summed E-state index contributed by atoms with van der Waals surface area (Å²) in [4.78, 5) is 22.2. The molecule has 0 unspecified atom stereocenters. The molecule has 0 spiro atoms. The zero-order valence-electron chi connectivity index (χ0n) is 13.3. The quantitative estimate of drug-likeness (QED) is 0.535. The lowest BCUT2D eigenvalue weighted by molar-refractivity contribution is -0.117. The molecule has 2 amide bonds. The maximum absolute atomic E-state index is 12.1. The van der Waals surface area contributed by atoms with Gasteiger partial charge in [0, 0.05) is 18.3 Å². The Hall–Kier alpha value is -2.88. The average Bonchev–Trinajstić information content (AvgIpc) is 2.81. The normalized spacial score (nSPS) is 15.1. The molecule has 0 atom stereocenters. The highest BCUT2D eigenvalue weighted by Gasteiger charge is 2.07. The fraction of sp³-hybridized carbons (Fsp3) is 0.158. The molecule has 0 aromatic rings. The van der Waals surface area contributed by atoms with Crippen molar-refractivity contribution in [2.45, 2.75) is 13.3 Å². The molecule has 0 heterocycles. The van der Waals surface area contributed by atoms with Gasteiger partial charge in [-0.15, -0.1) is 0 Å². The van der Waals surface area contributed by atoms with Gasteiger partial charge in [0.15, 0.2) is 0 Å². The number of amides is 2. The Bertz CT molecular complexity index is 617. The van der Waals surface area contributed by atoms with E-state index < -0.39 is 0 Å². The zero-order valence-corrected chi connectivity index (χ0v) is 13.3. The second-order valence-corrected chi connectivity index (χ2v) is 4.64. The smallest absolute Gasteiger partial charge is 0.251 e. The summed E-state index contributed by atoms with van der Waals surface area (Å²) in [5.41, 5.74) is 2.66. The van der Waals surface area contributed by atoms with E-state index in [4.69, 9.17) is 0 Å². The predicted octanol–water partition coefficient (Wildman–Crippen LogP) is 2.86. The van der Waals surface area contributed by atoms with Crippen LogP contribution in [0.4, 0.5) is 0 Å². The SMILES string of the molecule is C=C/C(=C\C=C/C)C1=CCC=C(C(=O)NC/C=C/NC=O)C=C1. The lowest BCUT2D eigenvalue weighted by Crippen LogP contribution is -2.24. The first-order valence-corrected chi connectivity index (χ1v) is 7.40. The van der Waals surface area contributed by atoms with E-state index in [1.807, 2.05) is 37.3 Å². The van der Waals surface area contributed by atoms with Crippen molar-refractivity contribution in [2.24, 2.45) is 0 Å². The minimum absolute atomic E-state index is 0.149. The number of carbonyl (C=O) groups excluding carboxylic acids is 2. The van der Waals surface area contributed by atoms with E-state index in [1.165, 1.54) is 6.20 Å². The second kappa shape index (κ2) is 10.8. The molecular weight excluding hydrogens is 288 g/mol. The molecule has 4 nitrogen and oxygen atoms in total. The van der Waals surface area contributed by atoms with Gasteiger partial charge in [-0.05, 0) is 36.6 Å². The van der Waals surface area contributed by atoms with Crippen LogP contribution in [0.3, 0.4) is 0 Å². The molecule has 1 aliphatic rings. The summed E-state index contributed by atoms with van der Waals surface area (Å²) in [6.07, 6.45) is 19.7. The largest absolute Gasteiger partial charge is 0.349 e. The van der Waals surface area contributed by atoms with E-state index >= 15 is 0 Å².